The predicted octanol–water partition coefficient (Wildman–Crippen LogP) is 4.15. The van der Waals surface area contributed by atoms with Gasteiger partial charge in [0.1, 0.15) is 6.04 Å². The molecule has 7 heteroatoms. The minimum atomic E-state index is -0.856. The zero-order chi connectivity index (χ0) is 21.0. The molecule has 0 bridgehead atoms. The van der Waals surface area contributed by atoms with Crippen LogP contribution in [-0.2, 0) is 4.79 Å². The van der Waals surface area contributed by atoms with Crippen LogP contribution in [0.25, 0.3) is 0 Å². The van der Waals surface area contributed by atoms with Gasteiger partial charge in [0.05, 0.1) is 0 Å². The molecule has 0 saturated carbocycles. The quantitative estimate of drug-likeness (QED) is 0.688. The summed E-state index contributed by atoms with van der Waals surface area (Å²) in [5.74, 6) is -0.635. The van der Waals surface area contributed by atoms with Gasteiger partial charge in [-0.1, -0.05) is 52.5 Å². The number of aromatic nitrogens is 2. The SMILES string of the molecule is Cc1cccc(C(C(=O)NC(C)(C)C)N(C(=O)c2csnn2)c2ccccc2)c1. The molecular weight excluding hydrogens is 384 g/mol. The van der Waals surface area contributed by atoms with Gasteiger partial charge in [0.2, 0.25) is 5.91 Å². The van der Waals surface area contributed by atoms with Crippen LogP contribution >= 0.6 is 11.5 Å². The monoisotopic (exact) mass is 408 g/mol. The Labute approximate surface area is 174 Å². The van der Waals surface area contributed by atoms with Crippen molar-refractivity contribution in [1.82, 2.24) is 14.9 Å². The van der Waals surface area contributed by atoms with Gasteiger partial charge in [-0.05, 0) is 56.9 Å². The largest absolute Gasteiger partial charge is 0.349 e. The Morgan fingerprint density at radius 2 is 1.79 bits per heavy atom. The Kier molecular flexibility index (Phi) is 6.08. The Morgan fingerprint density at radius 1 is 1.07 bits per heavy atom. The molecular formula is C22H24N4O2S. The lowest BCUT2D eigenvalue weighted by atomic mass is 9.99. The van der Waals surface area contributed by atoms with Crippen molar-refractivity contribution in [3.05, 3.63) is 76.8 Å². The summed E-state index contributed by atoms with van der Waals surface area (Å²) >= 11 is 1.10. The number of rotatable bonds is 5. The van der Waals surface area contributed by atoms with E-state index in [2.05, 4.69) is 14.9 Å². The number of nitrogens with one attached hydrogen (secondary N) is 1. The van der Waals surface area contributed by atoms with Gasteiger partial charge in [-0.3, -0.25) is 14.5 Å². The first-order chi connectivity index (χ1) is 13.8. The molecule has 1 unspecified atom stereocenters. The number of benzene rings is 2. The average molecular weight is 409 g/mol. The first-order valence-corrected chi connectivity index (χ1v) is 10.1. The minimum Gasteiger partial charge on any atom is -0.349 e. The summed E-state index contributed by atoms with van der Waals surface area (Å²) in [6, 6.07) is 15.9. The average Bonchev–Trinajstić information content (AvgIpc) is 3.19. The van der Waals surface area contributed by atoms with Gasteiger partial charge >= 0.3 is 0 Å². The van der Waals surface area contributed by atoms with Gasteiger partial charge in [-0.15, -0.1) is 5.10 Å². The molecule has 29 heavy (non-hydrogen) atoms. The number of carbonyl (C=O) groups excluding carboxylic acids is 2. The highest BCUT2D eigenvalue weighted by Crippen LogP contribution is 2.30. The van der Waals surface area contributed by atoms with Gasteiger partial charge < -0.3 is 5.32 Å². The summed E-state index contributed by atoms with van der Waals surface area (Å²) < 4.78 is 3.81. The molecule has 0 aliphatic carbocycles. The van der Waals surface area contributed by atoms with E-state index in [0.29, 0.717) is 5.69 Å². The van der Waals surface area contributed by atoms with E-state index in [0.717, 1.165) is 22.7 Å². The summed E-state index contributed by atoms with van der Waals surface area (Å²) in [7, 11) is 0. The van der Waals surface area contributed by atoms with Crippen LogP contribution in [0.3, 0.4) is 0 Å². The number of anilines is 1. The summed E-state index contributed by atoms with van der Waals surface area (Å²) in [5.41, 5.74) is 2.10. The molecule has 1 N–H and O–H groups in total. The first kappa shape index (κ1) is 20.7. The molecule has 1 heterocycles. The van der Waals surface area contributed by atoms with Crippen molar-refractivity contribution in [1.29, 1.82) is 0 Å². The molecule has 3 aromatic rings. The Morgan fingerprint density at radius 3 is 2.38 bits per heavy atom. The van der Waals surface area contributed by atoms with E-state index in [1.165, 1.54) is 4.90 Å². The highest BCUT2D eigenvalue weighted by molar-refractivity contribution is 7.03. The van der Waals surface area contributed by atoms with Crippen molar-refractivity contribution in [3.63, 3.8) is 0 Å². The van der Waals surface area contributed by atoms with E-state index in [9.17, 15) is 9.59 Å². The highest BCUT2D eigenvalue weighted by Gasteiger charge is 2.35. The van der Waals surface area contributed by atoms with E-state index in [-0.39, 0.29) is 17.5 Å². The second-order valence-corrected chi connectivity index (χ2v) is 8.47. The number of hydrogen-bond acceptors (Lipinski definition) is 5. The van der Waals surface area contributed by atoms with Gasteiger partial charge in [-0.25, -0.2) is 0 Å². The maximum atomic E-state index is 13.4. The summed E-state index contributed by atoms with van der Waals surface area (Å²) in [4.78, 5) is 28.3. The Bertz CT molecular complexity index is 982. The normalized spacial score (nSPS) is 12.3. The zero-order valence-corrected chi connectivity index (χ0v) is 17.7. The van der Waals surface area contributed by atoms with Crippen LogP contribution in [0.15, 0.2) is 60.0 Å². The molecule has 0 radical (unpaired) electrons. The Hall–Kier alpha value is -3.06. The molecule has 0 saturated heterocycles. The lowest BCUT2D eigenvalue weighted by Gasteiger charge is -2.33. The first-order valence-electron chi connectivity index (χ1n) is 9.30. The van der Waals surface area contributed by atoms with Gasteiger partial charge in [0.15, 0.2) is 5.69 Å². The molecule has 1 atom stereocenters. The van der Waals surface area contributed by atoms with Crippen molar-refractivity contribution in [2.75, 3.05) is 4.90 Å². The summed E-state index contributed by atoms with van der Waals surface area (Å²) in [6.07, 6.45) is 0. The maximum Gasteiger partial charge on any atom is 0.280 e. The van der Waals surface area contributed by atoms with Crippen molar-refractivity contribution >= 4 is 29.0 Å². The van der Waals surface area contributed by atoms with Crippen LogP contribution in [0.4, 0.5) is 5.69 Å². The van der Waals surface area contributed by atoms with Crippen LogP contribution < -0.4 is 10.2 Å². The third-order valence-corrected chi connectivity index (χ3v) is 4.70. The van der Waals surface area contributed by atoms with Gasteiger partial charge in [0.25, 0.3) is 5.91 Å². The molecule has 0 aliphatic rings. The number of hydrogen-bond donors (Lipinski definition) is 1. The molecule has 2 amide bonds. The molecule has 3 rings (SSSR count). The fourth-order valence-corrected chi connectivity index (χ4v) is 3.48. The van der Waals surface area contributed by atoms with Gasteiger partial charge in [-0.2, -0.15) is 0 Å². The number of para-hydroxylation sites is 1. The molecule has 150 valence electrons. The lowest BCUT2D eigenvalue weighted by Crippen LogP contribution is -2.49. The second kappa shape index (κ2) is 8.53. The highest BCUT2D eigenvalue weighted by atomic mass is 32.1. The van der Waals surface area contributed by atoms with Crippen LogP contribution in [0.5, 0.6) is 0 Å². The van der Waals surface area contributed by atoms with Crippen molar-refractivity contribution in [3.8, 4) is 0 Å². The fourth-order valence-electron chi connectivity index (χ4n) is 3.05. The van der Waals surface area contributed by atoms with Crippen LogP contribution in [0, 0.1) is 6.92 Å². The third-order valence-electron chi connectivity index (χ3n) is 4.19. The number of aryl methyl sites for hydroxylation is 1. The maximum absolute atomic E-state index is 13.4. The predicted molar refractivity (Wildman–Crippen MR) is 115 cm³/mol. The molecule has 1 aromatic heterocycles. The smallest absolute Gasteiger partial charge is 0.280 e. The molecule has 0 fully saturated rings. The minimum absolute atomic E-state index is 0.208. The van der Waals surface area contributed by atoms with E-state index in [1.54, 1.807) is 5.38 Å². The molecule has 0 spiro atoms. The Balaban J connectivity index is 2.16. The second-order valence-electron chi connectivity index (χ2n) is 7.86. The van der Waals surface area contributed by atoms with Crippen molar-refractivity contribution in [2.24, 2.45) is 0 Å². The third kappa shape index (κ3) is 5.06. The van der Waals surface area contributed by atoms with Crippen LogP contribution in [-0.4, -0.2) is 26.9 Å². The number of amides is 2. The zero-order valence-electron chi connectivity index (χ0n) is 16.9. The fraction of sp³-hybridized carbons (Fsp3) is 0.273. The molecule has 0 aliphatic heterocycles. The molecule has 6 nitrogen and oxygen atoms in total. The lowest BCUT2D eigenvalue weighted by molar-refractivity contribution is -0.123. The van der Waals surface area contributed by atoms with Crippen LogP contribution in [0.2, 0.25) is 0 Å². The van der Waals surface area contributed by atoms with E-state index < -0.39 is 11.6 Å². The van der Waals surface area contributed by atoms with Crippen molar-refractivity contribution < 1.29 is 9.59 Å². The summed E-state index contributed by atoms with van der Waals surface area (Å²) in [5, 5.41) is 8.55. The number of carbonyl (C=O) groups is 2. The van der Waals surface area contributed by atoms with E-state index >= 15 is 0 Å². The van der Waals surface area contributed by atoms with Gasteiger partial charge in [0, 0.05) is 16.6 Å². The number of nitrogens with zero attached hydrogens (tertiary/aromatic N) is 3. The standard InChI is InChI=1S/C22H24N4O2S/c1-15-9-8-10-16(13-15)19(20(27)23-22(2,3)4)26(17-11-6-5-7-12-17)21(28)18-14-29-25-24-18/h5-14,19H,1-4H3,(H,23,27). The summed E-state index contributed by atoms with van der Waals surface area (Å²) in [6.45, 7) is 7.70. The molecule has 2 aromatic carbocycles. The van der Waals surface area contributed by atoms with E-state index in [1.807, 2.05) is 82.3 Å². The van der Waals surface area contributed by atoms with Crippen LogP contribution in [0.1, 0.15) is 48.4 Å². The topological polar surface area (TPSA) is 75.2 Å². The van der Waals surface area contributed by atoms with Crippen molar-refractivity contribution in [2.45, 2.75) is 39.3 Å². The van der Waals surface area contributed by atoms with E-state index in [4.69, 9.17) is 0 Å².